The molecule has 2 heterocycles. The van der Waals surface area contributed by atoms with E-state index in [9.17, 15) is 0 Å². The van der Waals surface area contributed by atoms with E-state index in [-0.39, 0.29) is 0 Å². The molecule has 0 bridgehead atoms. The van der Waals surface area contributed by atoms with Gasteiger partial charge in [-0.05, 0) is 44.0 Å². The first-order chi connectivity index (χ1) is 13.3. The highest BCUT2D eigenvalue weighted by Gasteiger charge is 2.10. The fraction of sp³-hybridized carbons (Fsp3) is 0.550. The van der Waals surface area contributed by atoms with E-state index in [4.69, 9.17) is 0 Å². The smallest absolute Gasteiger partial charge is 0.191 e. The van der Waals surface area contributed by atoms with Gasteiger partial charge < -0.3 is 15.2 Å². The Hall–Kier alpha value is -2.41. The monoisotopic (exact) mass is 369 g/mol. The topological polar surface area (TPSA) is 70.4 Å². The highest BCUT2D eigenvalue weighted by atomic mass is 15.3. The molecule has 0 unspecified atom stereocenters. The predicted molar refractivity (Wildman–Crippen MR) is 108 cm³/mol. The standard InChI is InChI=1S/C20H31N7/c1-3-27-16-24-25-19(27)14-23-20(21-2)22-13-17-7-9-18(10-8-17)15-26-11-5-4-6-12-26/h7-10,16H,3-6,11-15H2,1-2H3,(H2,21,22,23). The second-order valence-electron chi connectivity index (χ2n) is 6.97. The van der Waals surface area contributed by atoms with Crippen LogP contribution in [0.1, 0.15) is 43.1 Å². The third-order valence-corrected chi connectivity index (χ3v) is 5.01. The van der Waals surface area contributed by atoms with Gasteiger partial charge in [0.1, 0.15) is 6.33 Å². The van der Waals surface area contributed by atoms with E-state index < -0.39 is 0 Å². The molecule has 7 nitrogen and oxygen atoms in total. The molecule has 0 spiro atoms. The minimum absolute atomic E-state index is 0.599. The summed E-state index contributed by atoms with van der Waals surface area (Å²) in [4.78, 5) is 6.84. The van der Waals surface area contributed by atoms with Crippen LogP contribution in [0.25, 0.3) is 0 Å². The van der Waals surface area contributed by atoms with Crippen molar-refractivity contribution in [1.29, 1.82) is 0 Å². The summed E-state index contributed by atoms with van der Waals surface area (Å²) in [7, 11) is 1.78. The first-order valence-corrected chi connectivity index (χ1v) is 9.90. The van der Waals surface area contributed by atoms with E-state index in [2.05, 4.69) is 61.9 Å². The highest BCUT2D eigenvalue weighted by molar-refractivity contribution is 5.79. The number of aryl methyl sites for hydroxylation is 1. The van der Waals surface area contributed by atoms with Crippen molar-refractivity contribution in [3.05, 3.63) is 47.5 Å². The molecule has 3 rings (SSSR count). The van der Waals surface area contributed by atoms with Crippen LogP contribution in [0.2, 0.25) is 0 Å². The lowest BCUT2D eigenvalue weighted by atomic mass is 10.1. The summed E-state index contributed by atoms with van der Waals surface area (Å²) in [5.41, 5.74) is 2.64. The fourth-order valence-electron chi connectivity index (χ4n) is 3.39. The van der Waals surface area contributed by atoms with Crippen molar-refractivity contribution in [1.82, 2.24) is 30.3 Å². The van der Waals surface area contributed by atoms with Crippen molar-refractivity contribution in [3.63, 3.8) is 0 Å². The van der Waals surface area contributed by atoms with E-state index >= 15 is 0 Å². The first kappa shape index (κ1) is 19.4. The predicted octanol–water partition coefficient (Wildman–Crippen LogP) is 2.15. The van der Waals surface area contributed by atoms with Gasteiger partial charge in [-0.1, -0.05) is 30.7 Å². The second-order valence-corrected chi connectivity index (χ2v) is 6.97. The molecule has 146 valence electrons. The summed E-state index contributed by atoms with van der Waals surface area (Å²) >= 11 is 0. The maximum atomic E-state index is 4.28. The number of rotatable bonds is 7. The molecule has 2 aromatic rings. The Bertz CT molecular complexity index is 714. The lowest BCUT2D eigenvalue weighted by Gasteiger charge is -2.26. The summed E-state index contributed by atoms with van der Waals surface area (Å²) in [5.74, 6) is 1.67. The molecule has 1 fully saturated rings. The molecule has 7 heteroatoms. The largest absolute Gasteiger partial charge is 0.352 e. The minimum atomic E-state index is 0.599. The van der Waals surface area contributed by atoms with E-state index in [0.29, 0.717) is 6.54 Å². The van der Waals surface area contributed by atoms with Gasteiger partial charge in [0.2, 0.25) is 0 Å². The van der Waals surface area contributed by atoms with Gasteiger partial charge in [0.25, 0.3) is 0 Å². The number of nitrogens with one attached hydrogen (secondary N) is 2. The van der Waals surface area contributed by atoms with Gasteiger partial charge in [0.05, 0.1) is 6.54 Å². The summed E-state index contributed by atoms with van der Waals surface area (Å²) in [6.45, 7) is 7.81. The number of hydrogen-bond acceptors (Lipinski definition) is 4. The van der Waals surface area contributed by atoms with Crippen LogP contribution in [0.5, 0.6) is 0 Å². The number of hydrogen-bond donors (Lipinski definition) is 2. The van der Waals surface area contributed by atoms with Gasteiger partial charge in [-0.2, -0.15) is 0 Å². The second kappa shape index (κ2) is 10.1. The van der Waals surface area contributed by atoms with E-state index in [0.717, 1.165) is 31.4 Å². The molecule has 0 saturated carbocycles. The number of benzene rings is 1. The summed E-state index contributed by atoms with van der Waals surface area (Å²) in [6.07, 6.45) is 5.80. The van der Waals surface area contributed by atoms with Crippen molar-refractivity contribution in [3.8, 4) is 0 Å². The van der Waals surface area contributed by atoms with Gasteiger partial charge in [-0.15, -0.1) is 10.2 Å². The normalized spacial score (nSPS) is 15.7. The van der Waals surface area contributed by atoms with E-state index in [1.54, 1.807) is 13.4 Å². The Balaban J connectivity index is 1.45. The third kappa shape index (κ3) is 5.79. The number of aromatic nitrogens is 3. The molecule has 1 aliphatic heterocycles. The van der Waals surface area contributed by atoms with Crippen molar-refractivity contribution in [2.24, 2.45) is 4.99 Å². The first-order valence-electron chi connectivity index (χ1n) is 9.90. The maximum Gasteiger partial charge on any atom is 0.191 e. The van der Waals surface area contributed by atoms with Crippen molar-refractivity contribution >= 4 is 5.96 Å². The quantitative estimate of drug-likeness (QED) is 0.578. The average Bonchev–Trinajstić information content (AvgIpc) is 3.18. The number of likely N-dealkylation sites (tertiary alicyclic amines) is 1. The Kier molecular flexibility index (Phi) is 7.21. The molecule has 0 radical (unpaired) electrons. The molecular weight excluding hydrogens is 338 g/mol. The molecule has 0 amide bonds. The van der Waals surface area contributed by atoms with Crippen LogP contribution in [0.15, 0.2) is 35.6 Å². The van der Waals surface area contributed by atoms with E-state index in [1.807, 2.05) is 4.57 Å². The van der Waals surface area contributed by atoms with Crippen LogP contribution in [-0.2, 0) is 26.2 Å². The lowest BCUT2D eigenvalue weighted by Crippen LogP contribution is -2.37. The molecule has 2 N–H and O–H groups in total. The van der Waals surface area contributed by atoms with Gasteiger partial charge in [-0.25, -0.2) is 0 Å². The summed E-state index contributed by atoms with van der Waals surface area (Å²) < 4.78 is 2.02. The lowest BCUT2D eigenvalue weighted by molar-refractivity contribution is 0.221. The molecule has 1 aromatic heterocycles. The molecular formula is C20H31N7. The van der Waals surface area contributed by atoms with Crippen molar-refractivity contribution in [2.45, 2.75) is 52.4 Å². The maximum absolute atomic E-state index is 4.28. The summed E-state index contributed by atoms with van der Waals surface area (Å²) in [6, 6.07) is 8.89. The molecule has 1 aromatic carbocycles. The SMILES string of the molecule is CCn1cnnc1CNC(=NC)NCc1ccc(CN2CCCCC2)cc1. The van der Waals surface area contributed by atoms with Crippen LogP contribution >= 0.6 is 0 Å². The van der Waals surface area contributed by atoms with Crippen LogP contribution in [0.3, 0.4) is 0 Å². The van der Waals surface area contributed by atoms with Crippen LogP contribution in [0, 0.1) is 0 Å². The zero-order valence-electron chi connectivity index (χ0n) is 16.5. The zero-order valence-corrected chi connectivity index (χ0v) is 16.5. The number of piperidine rings is 1. The molecule has 1 saturated heterocycles. The number of guanidine groups is 1. The Morgan fingerprint density at radius 2 is 1.74 bits per heavy atom. The van der Waals surface area contributed by atoms with Gasteiger partial charge in [0.15, 0.2) is 11.8 Å². The highest BCUT2D eigenvalue weighted by Crippen LogP contribution is 2.13. The molecule has 27 heavy (non-hydrogen) atoms. The van der Waals surface area contributed by atoms with Gasteiger partial charge >= 0.3 is 0 Å². The van der Waals surface area contributed by atoms with Crippen LogP contribution in [0.4, 0.5) is 0 Å². The Morgan fingerprint density at radius 1 is 1.04 bits per heavy atom. The van der Waals surface area contributed by atoms with Crippen molar-refractivity contribution < 1.29 is 0 Å². The van der Waals surface area contributed by atoms with Crippen LogP contribution in [-0.4, -0.2) is 45.8 Å². The van der Waals surface area contributed by atoms with E-state index in [1.165, 1.54) is 43.5 Å². The molecule has 1 aliphatic rings. The van der Waals surface area contributed by atoms with Gasteiger partial charge in [-0.3, -0.25) is 9.89 Å². The summed E-state index contributed by atoms with van der Waals surface area (Å²) in [5, 5.41) is 14.7. The third-order valence-electron chi connectivity index (χ3n) is 5.01. The minimum Gasteiger partial charge on any atom is -0.352 e. The zero-order chi connectivity index (χ0) is 18.9. The number of aliphatic imine (C=N–C) groups is 1. The molecule has 0 atom stereocenters. The number of nitrogens with zero attached hydrogens (tertiary/aromatic N) is 5. The van der Waals surface area contributed by atoms with Crippen molar-refractivity contribution in [2.75, 3.05) is 20.1 Å². The van der Waals surface area contributed by atoms with Gasteiger partial charge in [0, 0.05) is 26.7 Å². The van der Waals surface area contributed by atoms with Crippen LogP contribution < -0.4 is 10.6 Å². The average molecular weight is 370 g/mol. The molecule has 0 aliphatic carbocycles. The Morgan fingerprint density at radius 3 is 2.44 bits per heavy atom. The fourth-order valence-corrected chi connectivity index (χ4v) is 3.39. The Labute approximate surface area is 161 Å².